The summed E-state index contributed by atoms with van der Waals surface area (Å²) < 4.78 is 133. The van der Waals surface area contributed by atoms with E-state index in [2.05, 4.69) is 39.9 Å². The van der Waals surface area contributed by atoms with E-state index in [9.17, 15) is 50.4 Å². The first-order valence-electron chi connectivity index (χ1n) is 35.6. The summed E-state index contributed by atoms with van der Waals surface area (Å²) in [5, 5.41) is 6.47. The number of para-hydroxylation sites is 4. The number of nitrogens with two attached hydrogens (primary N) is 1. The zero-order valence-electron chi connectivity index (χ0n) is 58.4. The molecule has 4 aliphatic carbocycles. The summed E-state index contributed by atoms with van der Waals surface area (Å²) in [7, 11) is -8.21. The predicted molar refractivity (Wildman–Crippen MR) is 370 cm³/mol. The molecule has 5 N–H and O–H groups in total. The van der Waals surface area contributed by atoms with Crippen molar-refractivity contribution in [1.29, 1.82) is 0 Å². The number of Topliss-reactive ketones (excluding diaryl/α,β-unsaturated/α-hetero) is 2. The molecule has 8 aliphatic rings. The predicted octanol–water partition coefficient (Wildman–Crippen LogP) is 8.83. The maximum Gasteiger partial charge on any atom is 0.274 e. The van der Waals surface area contributed by atoms with Crippen molar-refractivity contribution in [3.05, 3.63) is 77.4 Å². The SMILES string of the molecule is CCc1nc2ccccc2nc1O[C@@H]1C[C@H]2C(=O)C[C@]3(C(=O)NS(=O)(=O)C4(C)CC4)C[C@H]3CC(F)(F)CCCCC[C@H](N)C(=O)N2C1.CCc1nc2ccccc2nc1O[C@@H]1C[C@H]2C(=O)C[C@]3(C(=O)NS(=O)(=O)C4(C)CC4)C[C@H]3CC(F)(F)CCCCC[C@H](NC(=O)c3cc(C)on3)C(=O)N2C1.Cl. The maximum absolute atomic E-state index is 15.4. The summed E-state index contributed by atoms with van der Waals surface area (Å²) in [4.78, 5) is 119. The Kier molecular flexibility index (Phi) is 21.9. The van der Waals surface area contributed by atoms with Gasteiger partial charge >= 0.3 is 0 Å². The fraction of sp³-hybridized carbons (Fsp3) is 0.634. The zero-order valence-corrected chi connectivity index (χ0v) is 60.8. The Hall–Kier alpha value is -7.51. The molecular formula is C71H90ClF4N11O14S2. The molecule has 7 heterocycles. The molecule has 0 unspecified atom stereocenters. The highest BCUT2D eigenvalue weighted by Gasteiger charge is 2.67. The number of nitrogens with zero attached hydrogens (tertiary/aromatic N) is 7. The minimum atomic E-state index is -4.14. The van der Waals surface area contributed by atoms with Crippen LogP contribution in [-0.2, 0) is 61.7 Å². The number of amides is 5. The number of aromatic nitrogens is 5. The zero-order chi connectivity index (χ0) is 73.1. The van der Waals surface area contributed by atoms with Gasteiger partial charge in [0.05, 0.1) is 73.6 Å². The number of alkyl halides is 4. The van der Waals surface area contributed by atoms with Gasteiger partial charge in [-0.2, -0.15) is 0 Å². The van der Waals surface area contributed by atoms with Crippen LogP contribution < -0.4 is 30.0 Å². The van der Waals surface area contributed by atoms with Crippen LogP contribution in [0.1, 0.15) is 197 Å². The molecule has 0 bridgehead atoms. The minimum Gasteiger partial charge on any atom is -0.471 e. The number of hydrogen-bond acceptors (Lipinski definition) is 20. The number of ketones is 2. The summed E-state index contributed by atoms with van der Waals surface area (Å²) in [6.07, 6.45) is -0.0577. The first-order chi connectivity index (χ1) is 48.2. The molecule has 4 saturated carbocycles. The average molecular weight is 1500 g/mol. The maximum atomic E-state index is 15.4. The Bertz CT molecular complexity index is 4360. The van der Waals surface area contributed by atoms with Gasteiger partial charge in [0.1, 0.15) is 35.4 Å². The van der Waals surface area contributed by atoms with Crippen LogP contribution in [0, 0.1) is 29.6 Å². The molecular weight excluding hydrogens is 1410 g/mol. The highest BCUT2D eigenvalue weighted by Crippen LogP contribution is 2.62. The van der Waals surface area contributed by atoms with Gasteiger partial charge in [-0.3, -0.25) is 43.0 Å². The molecule has 560 valence electrons. The Labute approximate surface area is 601 Å². The van der Waals surface area contributed by atoms with E-state index in [-0.39, 0.29) is 88.4 Å². The van der Waals surface area contributed by atoms with Gasteiger partial charge < -0.3 is 34.8 Å². The largest absolute Gasteiger partial charge is 0.471 e. The van der Waals surface area contributed by atoms with Crippen molar-refractivity contribution in [2.45, 2.75) is 246 Å². The van der Waals surface area contributed by atoms with Crippen LogP contribution in [-0.4, -0.2) is 164 Å². The molecule has 2 aromatic carbocycles. The number of hydrogen-bond donors (Lipinski definition) is 4. The molecule has 13 rings (SSSR count). The van der Waals surface area contributed by atoms with Crippen LogP contribution in [0.5, 0.6) is 11.8 Å². The van der Waals surface area contributed by atoms with E-state index in [1.807, 2.05) is 56.3 Å². The molecule has 0 spiro atoms. The number of aryl methyl sites for hydroxylation is 3. The Morgan fingerprint density at radius 3 is 1.43 bits per heavy atom. The highest BCUT2D eigenvalue weighted by atomic mass is 35.5. The molecule has 32 heteroatoms. The monoisotopic (exact) mass is 1500 g/mol. The second-order valence-electron chi connectivity index (χ2n) is 30.0. The van der Waals surface area contributed by atoms with E-state index in [4.69, 9.17) is 19.7 Å². The number of ether oxygens (including phenoxy) is 2. The Balaban J connectivity index is 0.000000207. The van der Waals surface area contributed by atoms with E-state index in [1.54, 1.807) is 13.0 Å². The quantitative estimate of drug-likeness (QED) is 0.0754. The number of carbonyl (C=O) groups is 7. The minimum absolute atomic E-state index is 0. The van der Waals surface area contributed by atoms with Gasteiger partial charge in [0.15, 0.2) is 17.3 Å². The number of fused-ring (bicyclic) bond motifs is 6. The number of nitrogens with one attached hydrogen (secondary N) is 3. The second kappa shape index (κ2) is 29.4. The van der Waals surface area contributed by atoms with Crippen LogP contribution >= 0.6 is 12.4 Å². The fourth-order valence-electron chi connectivity index (χ4n) is 15.0. The summed E-state index contributed by atoms with van der Waals surface area (Å²) in [6, 6.07) is 11.7. The molecule has 0 radical (unpaired) electrons. The lowest BCUT2D eigenvalue weighted by Crippen LogP contribution is -2.52. The van der Waals surface area contributed by atoms with Gasteiger partial charge in [0.2, 0.25) is 67.3 Å². The normalized spacial score (nSPS) is 29.0. The Morgan fingerprint density at radius 1 is 0.602 bits per heavy atom. The number of sulfonamides is 2. The fourth-order valence-corrected chi connectivity index (χ4v) is 17.7. The van der Waals surface area contributed by atoms with E-state index in [0.29, 0.717) is 109 Å². The lowest BCUT2D eigenvalue weighted by atomic mass is 9.89. The summed E-state index contributed by atoms with van der Waals surface area (Å²) in [5.74, 6) is -11.9. The van der Waals surface area contributed by atoms with Gasteiger partial charge in [-0.15, -0.1) is 12.4 Å². The number of benzene rings is 2. The number of halogens is 5. The third kappa shape index (κ3) is 16.5. The van der Waals surface area contributed by atoms with E-state index in [0.717, 1.165) is 0 Å². The van der Waals surface area contributed by atoms with Crippen molar-refractivity contribution in [3.8, 4) is 11.8 Å². The molecule has 103 heavy (non-hydrogen) atoms. The number of rotatable bonds is 14. The van der Waals surface area contributed by atoms with Crippen molar-refractivity contribution < 1.29 is 82.0 Å². The summed E-state index contributed by atoms with van der Waals surface area (Å²) in [5.41, 5.74) is 6.69. The van der Waals surface area contributed by atoms with Crippen LogP contribution in [0.2, 0.25) is 0 Å². The molecule has 5 aromatic rings. The van der Waals surface area contributed by atoms with Gasteiger partial charge in [-0.25, -0.2) is 54.3 Å². The standard InChI is InChI=1S/C38H46F2N6O8S.C33H43F2N5O6S.ClH/c1-4-25-33(43-27-11-8-7-10-26(27)41-25)53-24-17-30-31(47)20-37(35(50)45-55(51,52)36(3)14-15-36)18-23(37)19-38(39,40)13-9-5-6-12-28(34(49)46(30)21-24)42-32(48)29-16-22(2)54-44-29;1-3-23-28(38-25-11-7-6-10-24(25)37-23)46-21-15-26-27(41)18-32(30(43)39-47(44,45)31(2)13-14-31)16-20(32)17-33(34,35)12-8-4-5-9-22(36)29(42)40(26)19-21;/h7-8,10-11,16,23-24,28,30H,4-6,9,12-15,17-21H2,1-3H3,(H,42,48)(H,45,50);6-7,10-11,20-22,26H,3-5,8-9,12-19,36H2,1-2H3,(H,39,43);1H/t23-,24+,28-,30-,37+;20-,21+,22-,26-,32+;/m00./s1. The number of carbonyl (C=O) groups excluding carboxylic acids is 7. The van der Waals surface area contributed by atoms with E-state index in [1.165, 1.54) is 29.7 Å². The molecule has 3 aromatic heterocycles. The van der Waals surface area contributed by atoms with Crippen molar-refractivity contribution >= 4 is 95.6 Å². The van der Waals surface area contributed by atoms with Crippen LogP contribution in [0.25, 0.3) is 22.1 Å². The van der Waals surface area contributed by atoms with Crippen LogP contribution in [0.4, 0.5) is 17.6 Å². The van der Waals surface area contributed by atoms with Crippen molar-refractivity contribution in [1.82, 2.24) is 49.7 Å². The molecule has 25 nitrogen and oxygen atoms in total. The molecule has 5 amide bonds. The van der Waals surface area contributed by atoms with Crippen molar-refractivity contribution in [3.63, 3.8) is 0 Å². The van der Waals surface area contributed by atoms with Gasteiger partial charge in [0.25, 0.3) is 5.91 Å². The molecule has 10 atom stereocenters. The lowest BCUT2D eigenvalue weighted by Gasteiger charge is -2.29. The first kappa shape index (κ1) is 76.6. The first-order valence-corrected chi connectivity index (χ1v) is 38.6. The Morgan fingerprint density at radius 2 is 1.02 bits per heavy atom. The molecule has 4 saturated heterocycles. The van der Waals surface area contributed by atoms with Crippen molar-refractivity contribution in [2.75, 3.05) is 13.1 Å². The van der Waals surface area contributed by atoms with E-state index < -0.39 is 180 Å². The van der Waals surface area contributed by atoms with Gasteiger partial charge in [-0.05, 0) is 134 Å². The van der Waals surface area contributed by atoms with E-state index >= 15 is 17.6 Å². The topological polar surface area (TPSA) is 352 Å². The van der Waals surface area contributed by atoms with Gasteiger partial charge in [-0.1, -0.05) is 69.0 Å². The summed E-state index contributed by atoms with van der Waals surface area (Å²) >= 11 is 0. The molecule has 4 aliphatic heterocycles. The third-order valence-corrected chi connectivity index (χ3v) is 26.6. The van der Waals surface area contributed by atoms with Gasteiger partial charge in [0, 0.05) is 57.4 Å². The lowest BCUT2D eigenvalue weighted by molar-refractivity contribution is -0.140. The smallest absolute Gasteiger partial charge is 0.274 e. The average Bonchev–Trinajstić information content (AvgIpc) is 1.56. The molecule has 8 fully saturated rings. The van der Waals surface area contributed by atoms with Crippen LogP contribution in [0.15, 0.2) is 59.1 Å². The third-order valence-electron chi connectivity index (χ3n) is 22.2. The van der Waals surface area contributed by atoms with Crippen molar-refractivity contribution in [2.24, 2.45) is 28.4 Å². The van der Waals surface area contributed by atoms with Crippen LogP contribution in [0.3, 0.4) is 0 Å². The highest BCUT2D eigenvalue weighted by molar-refractivity contribution is 7.92. The second-order valence-corrected chi connectivity index (χ2v) is 34.4. The summed E-state index contributed by atoms with van der Waals surface area (Å²) in [6.45, 7) is 8.40.